The highest BCUT2D eigenvalue weighted by molar-refractivity contribution is 6.09. The summed E-state index contributed by atoms with van der Waals surface area (Å²) < 4.78 is 2.41. The van der Waals surface area contributed by atoms with Crippen molar-refractivity contribution in [3.05, 3.63) is 243 Å². The molecule has 11 rings (SSSR count). The van der Waals surface area contributed by atoms with Gasteiger partial charge in [0, 0.05) is 33.4 Å². The molecule has 11 aromatic rings. The molecule has 0 atom stereocenters. The average Bonchev–Trinajstić information content (AvgIpc) is 3.67. The molecule has 0 saturated heterocycles. The fourth-order valence-corrected chi connectivity index (χ4v) is 8.79. The van der Waals surface area contributed by atoms with Gasteiger partial charge in [-0.25, -0.2) is 0 Å². The monoisotopic (exact) mass is 764 g/mol. The number of anilines is 3. The highest BCUT2D eigenvalue weighted by Crippen LogP contribution is 2.40. The van der Waals surface area contributed by atoms with Gasteiger partial charge in [-0.3, -0.25) is 0 Å². The molecule has 2 nitrogen and oxygen atoms in total. The van der Waals surface area contributed by atoms with E-state index in [2.05, 4.69) is 252 Å². The molecule has 1 heterocycles. The van der Waals surface area contributed by atoms with Crippen LogP contribution >= 0.6 is 0 Å². The van der Waals surface area contributed by atoms with Gasteiger partial charge in [0.2, 0.25) is 0 Å². The number of aromatic nitrogens is 1. The van der Waals surface area contributed by atoms with Crippen LogP contribution in [-0.4, -0.2) is 4.57 Å². The van der Waals surface area contributed by atoms with Crippen molar-refractivity contribution >= 4 is 49.6 Å². The molecule has 0 aliphatic heterocycles. The van der Waals surface area contributed by atoms with E-state index < -0.39 is 0 Å². The van der Waals surface area contributed by atoms with Gasteiger partial charge in [-0.05, 0) is 104 Å². The fraction of sp³-hybridized carbons (Fsp3) is 0. The van der Waals surface area contributed by atoms with E-state index in [9.17, 15) is 0 Å². The van der Waals surface area contributed by atoms with Crippen LogP contribution in [0.15, 0.2) is 243 Å². The molecule has 1 aromatic heterocycles. The molecule has 0 N–H and O–H groups in total. The van der Waals surface area contributed by atoms with Gasteiger partial charge in [0.05, 0.1) is 16.7 Å². The molecular weight excluding hydrogens is 725 g/mol. The van der Waals surface area contributed by atoms with Crippen molar-refractivity contribution in [2.75, 3.05) is 4.90 Å². The van der Waals surface area contributed by atoms with Gasteiger partial charge in [0.15, 0.2) is 0 Å². The second-order valence-corrected chi connectivity index (χ2v) is 15.4. The van der Waals surface area contributed by atoms with Crippen molar-refractivity contribution < 1.29 is 0 Å². The van der Waals surface area contributed by atoms with Crippen molar-refractivity contribution in [3.63, 3.8) is 0 Å². The Morgan fingerprint density at radius 1 is 0.267 bits per heavy atom. The lowest BCUT2D eigenvalue weighted by Crippen LogP contribution is -2.09. The summed E-state index contributed by atoms with van der Waals surface area (Å²) in [5.74, 6) is 0. The minimum Gasteiger partial charge on any atom is -0.310 e. The zero-order valence-corrected chi connectivity index (χ0v) is 33.0. The van der Waals surface area contributed by atoms with Gasteiger partial charge < -0.3 is 9.47 Å². The third-order valence-corrected chi connectivity index (χ3v) is 11.8. The quantitative estimate of drug-likeness (QED) is 0.150. The van der Waals surface area contributed by atoms with E-state index in [0.717, 1.165) is 17.1 Å². The van der Waals surface area contributed by atoms with E-state index in [1.165, 1.54) is 82.8 Å². The van der Waals surface area contributed by atoms with Crippen LogP contribution in [0.2, 0.25) is 0 Å². The number of rotatable bonds is 8. The Balaban J connectivity index is 0.912. The van der Waals surface area contributed by atoms with E-state index in [1.54, 1.807) is 0 Å². The number of hydrogen-bond donors (Lipinski definition) is 0. The normalized spacial score (nSPS) is 11.3. The van der Waals surface area contributed by atoms with Gasteiger partial charge in [-0.1, -0.05) is 188 Å². The van der Waals surface area contributed by atoms with Crippen molar-refractivity contribution in [2.45, 2.75) is 0 Å². The van der Waals surface area contributed by atoms with Crippen molar-refractivity contribution in [1.29, 1.82) is 0 Å². The van der Waals surface area contributed by atoms with E-state index in [1.807, 2.05) is 0 Å². The Morgan fingerprint density at radius 2 is 0.667 bits per heavy atom. The minimum absolute atomic E-state index is 1.10. The molecule has 0 amide bonds. The van der Waals surface area contributed by atoms with E-state index >= 15 is 0 Å². The molecule has 0 spiro atoms. The maximum Gasteiger partial charge on any atom is 0.0541 e. The third kappa shape index (κ3) is 6.41. The van der Waals surface area contributed by atoms with Gasteiger partial charge in [-0.2, -0.15) is 0 Å². The van der Waals surface area contributed by atoms with Crippen molar-refractivity contribution in [3.8, 4) is 50.2 Å². The maximum atomic E-state index is 2.41. The first-order valence-corrected chi connectivity index (χ1v) is 20.6. The maximum absolute atomic E-state index is 2.41. The molecule has 0 unspecified atom stereocenters. The van der Waals surface area contributed by atoms with Crippen LogP contribution in [0.3, 0.4) is 0 Å². The summed E-state index contributed by atoms with van der Waals surface area (Å²) in [4.78, 5) is 2.35. The Morgan fingerprint density at radius 3 is 1.23 bits per heavy atom. The average molecular weight is 765 g/mol. The smallest absolute Gasteiger partial charge is 0.0541 e. The molecule has 0 saturated carbocycles. The van der Waals surface area contributed by atoms with Crippen molar-refractivity contribution in [1.82, 2.24) is 4.57 Å². The standard InChI is InChI=1S/C58H40N2/c1-2-12-41(13-3-1)43-22-24-44(25-23-43)46-30-35-50(36-31-46)59(52-39-34-42-14-4-5-15-49(42)40-52)51-37-32-47(33-38-51)45-26-28-48(29-27-45)53-16-6-9-19-56(53)60-57-20-10-7-17-54(57)55-18-8-11-21-58(55)60/h1-40H. The second-order valence-electron chi connectivity index (χ2n) is 15.4. The van der Waals surface area contributed by atoms with Crippen LogP contribution in [0.4, 0.5) is 17.1 Å². The Kier molecular flexibility index (Phi) is 8.87. The molecule has 282 valence electrons. The number of benzene rings is 10. The zero-order valence-electron chi connectivity index (χ0n) is 33.0. The van der Waals surface area contributed by atoms with Crippen LogP contribution in [0, 0.1) is 0 Å². The second kappa shape index (κ2) is 15.1. The van der Waals surface area contributed by atoms with Crippen LogP contribution in [-0.2, 0) is 0 Å². The van der Waals surface area contributed by atoms with Gasteiger partial charge in [0.1, 0.15) is 0 Å². The predicted molar refractivity (Wildman–Crippen MR) is 255 cm³/mol. The molecule has 60 heavy (non-hydrogen) atoms. The Bertz CT molecular complexity index is 3220. The van der Waals surface area contributed by atoms with Crippen molar-refractivity contribution in [2.24, 2.45) is 0 Å². The summed E-state index contributed by atoms with van der Waals surface area (Å²) in [7, 11) is 0. The molecule has 0 fully saturated rings. The summed E-state index contributed by atoms with van der Waals surface area (Å²) in [6.07, 6.45) is 0. The summed E-state index contributed by atoms with van der Waals surface area (Å²) in [5, 5.41) is 4.98. The first kappa shape index (κ1) is 35.2. The predicted octanol–water partition coefficient (Wildman–Crippen LogP) is 16.1. The number of fused-ring (bicyclic) bond motifs is 4. The van der Waals surface area contributed by atoms with Crippen LogP contribution in [0.5, 0.6) is 0 Å². The van der Waals surface area contributed by atoms with Gasteiger partial charge in [-0.15, -0.1) is 0 Å². The van der Waals surface area contributed by atoms with Gasteiger partial charge >= 0.3 is 0 Å². The lowest BCUT2D eigenvalue weighted by atomic mass is 9.98. The molecule has 2 heteroatoms. The largest absolute Gasteiger partial charge is 0.310 e. The SMILES string of the molecule is c1ccc(-c2ccc(-c3ccc(N(c4ccc(-c5ccc(-c6ccccc6-n6c7ccccc7c7ccccc76)cc5)cc4)c4ccc5ccccc5c4)cc3)cc2)cc1. The molecule has 0 aliphatic carbocycles. The van der Waals surface area contributed by atoms with E-state index in [0.29, 0.717) is 0 Å². The van der Waals surface area contributed by atoms with E-state index in [-0.39, 0.29) is 0 Å². The number of para-hydroxylation sites is 3. The highest BCUT2D eigenvalue weighted by Gasteiger charge is 2.17. The lowest BCUT2D eigenvalue weighted by molar-refractivity contribution is 1.18. The van der Waals surface area contributed by atoms with Gasteiger partial charge in [0.25, 0.3) is 0 Å². The third-order valence-electron chi connectivity index (χ3n) is 11.8. The first-order chi connectivity index (χ1) is 29.7. The molecular formula is C58H40N2. The molecule has 0 bridgehead atoms. The van der Waals surface area contributed by atoms with Crippen LogP contribution in [0.25, 0.3) is 82.8 Å². The summed E-state index contributed by atoms with van der Waals surface area (Å²) in [5.41, 5.74) is 16.5. The molecule has 0 aliphatic rings. The topological polar surface area (TPSA) is 8.17 Å². The summed E-state index contributed by atoms with van der Waals surface area (Å²) in [6.45, 7) is 0. The molecule has 0 radical (unpaired) electrons. The Labute approximate surface area is 350 Å². The number of hydrogen-bond acceptors (Lipinski definition) is 1. The zero-order chi connectivity index (χ0) is 39.8. The number of nitrogens with zero attached hydrogens (tertiary/aromatic N) is 2. The minimum atomic E-state index is 1.10. The van der Waals surface area contributed by atoms with Crippen LogP contribution in [0.1, 0.15) is 0 Å². The fourth-order valence-electron chi connectivity index (χ4n) is 8.79. The summed E-state index contributed by atoms with van der Waals surface area (Å²) in [6, 6.07) is 87.8. The molecule has 10 aromatic carbocycles. The lowest BCUT2D eigenvalue weighted by Gasteiger charge is -2.26. The van der Waals surface area contributed by atoms with Crippen LogP contribution < -0.4 is 4.90 Å². The summed E-state index contributed by atoms with van der Waals surface area (Å²) >= 11 is 0. The Hall–Kier alpha value is -7.94. The highest BCUT2D eigenvalue weighted by atomic mass is 15.1. The first-order valence-electron chi connectivity index (χ1n) is 20.6. The van der Waals surface area contributed by atoms with E-state index in [4.69, 9.17) is 0 Å².